The van der Waals surface area contributed by atoms with Gasteiger partial charge in [-0.3, -0.25) is 9.78 Å². The molecule has 1 saturated heterocycles. The van der Waals surface area contributed by atoms with Gasteiger partial charge in [0.05, 0.1) is 6.20 Å². The van der Waals surface area contributed by atoms with Crippen molar-refractivity contribution in [2.24, 2.45) is 5.92 Å². The lowest BCUT2D eigenvalue weighted by Gasteiger charge is -2.33. The Hall–Kier alpha value is -2.50. The quantitative estimate of drug-likeness (QED) is 0.915. The van der Waals surface area contributed by atoms with Crippen molar-refractivity contribution >= 4 is 17.5 Å². The fourth-order valence-corrected chi connectivity index (χ4v) is 3.21. The molecule has 0 saturated carbocycles. The van der Waals surface area contributed by atoms with Crippen molar-refractivity contribution in [3.05, 3.63) is 42.5 Å². The van der Waals surface area contributed by atoms with Gasteiger partial charge in [-0.2, -0.15) is 0 Å². The summed E-state index contributed by atoms with van der Waals surface area (Å²) in [6.07, 6.45) is 11.6. The van der Waals surface area contributed by atoms with E-state index in [0.717, 1.165) is 31.7 Å². The molecule has 1 aliphatic rings. The van der Waals surface area contributed by atoms with Gasteiger partial charge in [-0.05, 0) is 49.3 Å². The lowest BCUT2D eigenvalue weighted by atomic mass is 9.92. The molecule has 24 heavy (non-hydrogen) atoms. The Bertz CT molecular complexity index is 676. The zero-order chi connectivity index (χ0) is 16.8. The molecule has 0 spiro atoms. The molecule has 6 nitrogen and oxygen atoms in total. The maximum Gasteiger partial charge on any atom is 0.222 e. The molecule has 2 aromatic heterocycles. The molecule has 3 heterocycles. The minimum absolute atomic E-state index is 0.0912. The molecule has 1 amide bonds. The van der Waals surface area contributed by atoms with Gasteiger partial charge in [-0.25, -0.2) is 9.97 Å². The Morgan fingerprint density at radius 2 is 2.25 bits per heavy atom. The summed E-state index contributed by atoms with van der Waals surface area (Å²) in [6, 6.07) is 3.99. The molecular formula is C18H23N5O. The Kier molecular flexibility index (Phi) is 5.36. The van der Waals surface area contributed by atoms with Crippen LogP contribution in [0.1, 0.15) is 31.7 Å². The van der Waals surface area contributed by atoms with E-state index in [-0.39, 0.29) is 5.91 Å². The van der Waals surface area contributed by atoms with Gasteiger partial charge in [-0.1, -0.05) is 0 Å². The highest BCUT2D eigenvalue weighted by Crippen LogP contribution is 2.24. The second-order valence-corrected chi connectivity index (χ2v) is 6.29. The molecule has 0 radical (unpaired) electrons. The highest BCUT2D eigenvalue weighted by molar-refractivity contribution is 5.87. The molecule has 3 rings (SSSR count). The first-order valence-corrected chi connectivity index (χ1v) is 8.44. The molecule has 1 aliphatic heterocycles. The zero-order valence-corrected chi connectivity index (χ0v) is 14.0. The first-order chi connectivity index (χ1) is 11.7. The minimum atomic E-state index is -0.0912. The van der Waals surface area contributed by atoms with Crippen molar-refractivity contribution in [3.63, 3.8) is 0 Å². The fraction of sp³-hybridized carbons (Fsp3) is 0.444. The number of pyridine rings is 1. The first-order valence-electron chi connectivity index (χ1n) is 8.44. The lowest BCUT2D eigenvalue weighted by molar-refractivity contribution is -0.114. The van der Waals surface area contributed by atoms with E-state index in [1.54, 1.807) is 18.6 Å². The van der Waals surface area contributed by atoms with Crippen LogP contribution in [-0.2, 0) is 11.2 Å². The summed E-state index contributed by atoms with van der Waals surface area (Å²) in [5, 5.41) is 2.74. The van der Waals surface area contributed by atoms with Gasteiger partial charge < -0.3 is 10.2 Å². The number of rotatable bonds is 5. The van der Waals surface area contributed by atoms with Gasteiger partial charge in [-0.15, -0.1) is 0 Å². The second-order valence-electron chi connectivity index (χ2n) is 6.29. The van der Waals surface area contributed by atoms with Crippen LogP contribution >= 0.6 is 0 Å². The highest BCUT2D eigenvalue weighted by Gasteiger charge is 2.20. The number of hydrogen-bond donors (Lipinski definition) is 1. The molecule has 1 atom stereocenters. The fourth-order valence-electron chi connectivity index (χ4n) is 3.21. The number of aromatic nitrogens is 3. The van der Waals surface area contributed by atoms with E-state index in [4.69, 9.17) is 0 Å². The van der Waals surface area contributed by atoms with Crippen molar-refractivity contribution in [3.8, 4) is 0 Å². The summed E-state index contributed by atoms with van der Waals surface area (Å²) in [4.78, 5) is 26.2. The van der Waals surface area contributed by atoms with Crippen LogP contribution in [0.15, 0.2) is 36.9 Å². The Morgan fingerprint density at radius 3 is 3.04 bits per heavy atom. The average Bonchev–Trinajstić information content (AvgIpc) is 2.61. The van der Waals surface area contributed by atoms with Crippen molar-refractivity contribution in [1.82, 2.24) is 15.0 Å². The van der Waals surface area contributed by atoms with E-state index in [1.165, 1.54) is 25.3 Å². The summed E-state index contributed by atoms with van der Waals surface area (Å²) in [7, 11) is 0. The summed E-state index contributed by atoms with van der Waals surface area (Å²) in [5.41, 5.74) is 1.21. The standard InChI is InChI=1S/C18H23N5O/c1-14(24)22-17-11-15(6-7-20-17)4-5-16-3-2-10-23(13-16)18-12-19-8-9-21-18/h6-9,11-12,16H,2-5,10,13H2,1H3,(H,20,22,24). The molecule has 1 fully saturated rings. The Morgan fingerprint density at radius 1 is 1.33 bits per heavy atom. The van der Waals surface area contributed by atoms with Crippen molar-refractivity contribution in [2.75, 3.05) is 23.3 Å². The number of anilines is 2. The molecule has 0 aromatic carbocycles. The number of aryl methyl sites for hydroxylation is 1. The largest absolute Gasteiger partial charge is 0.355 e. The van der Waals surface area contributed by atoms with Gasteiger partial charge >= 0.3 is 0 Å². The number of hydrogen-bond acceptors (Lipinski definition) is 5. The first kappa shape index (κ1) is 16.4. The maximum atomic E-state index is 11.1. The van der Waals surface area contributed by atoms with Gasteiger partial charge in [0.2, 0.25) is 5.91 Å². The van der Waals surface area contributed by atoms with Gasteiger partial charge in [0, 0.05) is 38.6 Å². The van der Waals surface area contributed by atoms with E-state index in [1.807, 2.05) is 18.3 Å². The van der Waals surface area contributed by atoms with Crippen LogP contribution in [0, 0.1) is 5.92 Å². The van der Waals surface area contributed by atoms with Crippen LogP contribution in [0.2, 0.25) is 0 Å². The summed E-state index contributed by atoms with van der Waals surface area (Å²) in [5.74, 6) is 2.16. The zero-order valence-electron chi connectivity index (χ0n) is 14.0. The number of carbonyl (C=O) groups excluding carboxylic acids is 1. The van der Waals surface area contributed by atoms with Gasteiger partial charge in [0.15, 0.2) is 0 Å². The van der Waals surface area contributed by atoms with Crippen LogP contribution in [0.25, 0.3) is 0 Å². The summed E-state index contributed by atoms with van der Waals surface area (Å²) >= 11 is 0. The van der Waals surface area contributed by atoms with E-state index < -0.39 is 0 Å². The minimum Gasteiger partial charge on any atom is -0.355 e. The number of nitrogens with zero attached hydrogens (tertiary/aromatic N) is 4. The number of amides is 1. The van der Waals surface area contributed by atoms with E-state index in [2.05, 4.69) is 25.2 Å². The van der Waals surface area contributed by atoms with Gasteiger partial charge in [0.1, 0.15) is 11.6 Å². The van der Waals surface area contributed by atoms with Crippen LogP contribution < -0.4 is 10.2 Å². The van der Waals surface area contributed by atoms with Gasteiger partial charge in [0.25, 0.3) is 0 Å². The second kappa shape index (κ2) is 7.86. The maximum absolute atomic E-state index is 11.1. The molecular weight excluding hydrogens is 302 g/mol. The predicted octanol–water partition coefficient (Wildman–Crippen LogP) is 2.68. The molecule has 6 heteroatoms. The molecule has 0 bridgehead atoms. The van der Waals surface area contributed by atoms with Crippen molar-refractivity contribution in [2.45, 2.75) is 32.6 Å². The molecule has 2 aromatic rings. The third-order valence-electron chi connectivity index (χ3n) is 4.36. The summed E-state index contributed by atoms with van der Waals surface area (Å²) in [6.45, 7) is 3.58. The number of carbonyl (C=O) groups is 1. The topological polar surface area (TPSA) is 71.0 Å². The third-order valence-corrected chi connectivity index (χ3v) is 4.36. The molecule has 1 N–H and O–H groups in total. The van der Waals surface area contributed by atoms with E-state index >= 15 is 0 Å². The Labute approximate surface area is 142 Å². The highest BCUT2D eigenvalue weighted by atomic mass is 16.1. The van der Waals surface area contributed by atoms with Crippen LogP contribution in [-0.4, -0.2) is 33.9 Å². The van der Waals surface area contributed by atoms with Crippen LogP contribution in [0.5, 0.6) is 0 Å². The average molecular weight is 325 g/mol. The number of piperidine rings is 1. The van der Waals surface area contributed by atoms with E-state index in [9.17, 15) is 4.79 Å². The third kappa shape index (κ3) is 4.50. The smallest absolute Gasteiger partial charge is 0.222 e. The lowest BCUT2D eigenvalue weighted by Crippen LogP contribution is -2.36. The van der Waals surface area contributed by atoms with Crippen LogP contribution in [0.3, 0.4) is 0 Å². The van der Waals surface area contributed by atoms with Crippen LogP contribution in [0.4, 0.5) is 11.6 Å². The monoisotopic (exact) mass is 325 g/mol. The van der Waals surface area contributed by atoms with E-state index in [0.29, 0.717) is 11.7 Å². The Balaban J connectivity index is 1.55. The van der Waals surface area contributed by atoms with Crippen molar-refractivity contribution in [1.29, 1.82) is 0 Å². The molecule has 1 unspecified atom stereocenters. The SMILES string of the molecule is CC(=O)Nc1cc(CCC2CCCN(c3cnccn3)C2)ccn1. The summed E-state index contributed by atoms with van der Waals surface area (Å²) < 4.78 is 0. The van der Waals surface area contributed by atoms with Crippen molar-refractivity contribution < 1.29 is 4.79 Å². The molecule has 126 valence electrons. The predicted molar refractivity (Wildman–Crippen MR) is 93.8 cm³/mol. The number of nitrogens with one attached hydrogen (secondary N) is 1. The normalized spacial score (nSPS) is 17.5. The molecule has 0 aliphatic carbocycles.